The van der Waals surface area contributed by atoms with Crippen molar-refractivity contribution in [1.82, 2.24) is 15.5 Å². The normalized spacial score (nSPS) is 13.6. The Kier molecular flexibility index (Phi) is 13.5. The number of aromatic hydroxyl groups is 1. The van der Waals surface area contributed by atoms with Crippen LogP contribution in [0.3, 0.4) is 0 Å². The van der Waals surface area contributed by atoms with Crippen LogP contribution in [-0.4, -0.2) is 52.1 Å². The molecule has 3 amide bonds. The van der Waals surface area contributed by atoms with Gasteiger partial charge in [-0.2, -0.15) is 0 Å². The summed E-state index contributed by atoms with van der Waals surface area (Å²) in [5.41, 5.74) is 2.64. The molecule has 0 bridgehead atoms. The van der Waals surface area contributed by atoms with Crippen molar-refractivity contribution in [1.29, 1.82) is 0 Å². The summed E-state index contributed by atoms with van der Waals surface area (Å²) in [6.45, 7) is 18.0. The second-order valence-corrected chi connectivity index (χ2v) is 13.0. The van der Waals surface area contributed by atoms with Crippen LogP contribution in [-0.2, 0) is 20.7 Å². The number of phenols is 1. The van der Waals surface area contributed by atoms with E-state index in [1.54, 1.807) is 49.9 Å². The third-order valence-electron chi connectivity index (χ3n) is 7.34. The number of nitrogens with one attached hydrogen (secondary N) is 2. The number of unbranched alkanes of at least 4 members (excludes halogenated alkanes) is 1. The molecule has 3 unspecified atom stereocenters. The molecule has 2 rings (SSSR count). The fraction of sp³-hybridized carbons (Fsp3) is 0.571. The quantitative estimate of drug-likeness (QED) is 0.209. The number of hydrogen-bond acceptors (Lipinski definition) is 5. The number of carbonyl (C=O) groups is 3. The van der Waals surface area contributed by atoms with Gasteiger partial charge in [-0.05, 0) is 95.5 Å². The second kappa shape index (κ2) is 16.3. The van der Waals surface area contributed by atoms with Gasteiger partial charge >= 0.3 is 6.09 Å². The van der Waals surface area contributed by atoms with Crippen molar-refractivity contribution in [3.63, 3.8) is 0 Å². The summed E-state index contributed by atoms with van der Waals surface area (Å²) in [6, 6.07) is 10.3. The summed E-state index contributed by atoms with van der Waals surface area (Å²) in [6.07, 6.45) is 2.75. The van der Waals surface area contributed by atoms with E-state index in [1.165, 1.54) is 0 Å². The third-order valence-corrected chi connectivity index (χ3v) is 7.34. The first kappa shape index (κ1) is 35.6. The van der Waals surface area contributed by atoms with Gasteiger partial charge in [0, 0.05) is 19.0 Å². The maximum atomic E-state index is 14.8. The molecule has 8 nitrogen and oxygen atoms in total. The van der Waals surface area contributed by atoms with Gasteiger partial charge < -0.3 is 25.4 Å². The monoisotopic (exact) mass is 595 g/mol. The topological polar surface area (TPSA) is 108 Å². The van der Waals surface area contributed by atoms with Crippen LogP contribution in [0.2, 0.25) is 0 Å². The molecule has 0 heterocycles. The summed E-state index contributed by atoms with van der Waals surface area (Å²) in [4.78, 5) is 43.6. The fourth-order valence-electron chi connectivity index (χ4n) is 4.97. The molecule has 0 saturated heterocycles. The zero-order valence-corrected chi connectivity index (χ0v) is 27.6. The number of aryl methyl sites for hydroxylation is 2. The van der Waals surface area contributed by atoms with Gasteiger partial charge in [-0.1, -0.05) is 63.1 Å². The van der Waals surface area contributed by atoms with Crippen molar-refractivity contribution in [2.75, 3.05) is 6.54 Å². The average Bonchev–Trinajstić information content (AvgIpc) is 2.91. The molecule has 0 radical (unpaired) electrons. The molecule has 0 saturated carbocycles. The lowest BCUT2D eigenvalue weighted by molar-refractivity contribution is -0.145. The minimum absolute atomic E-state index is 0.106. The molecule has 0 aliphatic carbocycles. The highest BCUT2D eigenvalue weighted by Gasteiger charge is 2.39. The van der Waals surface area contributed by atoms with E-state index in [1.807, 2.05) is 39.0 Å². The standard InChI is InChI=1S/C35H53N3O5/c1-10-11-20-36-32(40)31(29-21-24(4)13-14-25(29)5)38(26(6)15-12-23(2)3)33(41)30(37-34(42)43-35(7,8)9)22-27-16-18-28(39)19-17-27/h13-14,16-19,21,23,26,30-31,39H,10-12,15,20,22H2,1-9H3,(H,36,40)(H,37,42). The van der Waals surface area contributed by atoms with Crippen LogP contribution in [0.15, 0.2) is 42.5 Å². The van der Waals surface area contributed by atoms with Gasteiger partial charge in [-0.3, -0.25) is 9.59 Å². The highest BCUT2D eigenvalue weighted by molar-refractivity contribution is 5.92. The molecule has 238 valence electrons. The van der Waals surface area contributed by atoms with Gasteiger partial charge in [0.15, 0.2) is 0 Å². The molecule has 8 heteroatoms. The van der Waals surface area contributed by atoms with Crippen molar-refractivity contribution < 1.29 is 24.2 Å². The summed E-state index contributed by atoms with van der Waals surface area (Å²) in [5.74, 6) is -0.0988. The summed E-state index contributed by atoms with van der Waals surface area (Å²) in [7, 11) is 0. The predicted molar refractivity (Wildman–Crippen MR) is 172 cm³/mol. The summed E-state index contributed by atoms with van der Waals surface area (Å²) in [5, 5.41) is 15.7. The molecule has 0 spiro atoms. The molecule has 3 N–H and O–H groups in total. The molecule has 43 heavy (non-hydrogen) atoms. The third kappa shape index (κ3) is 11.6. The Morgan fingerprint density at radius 2 is 1.63 bits per heavy atom. The van der Waals surface area contributed by atoms with Crippen LogP contribution < -0.4 is 10.6 Å². The predicted octanol–water partition coefficient (Wildman–Crippen LogP) is 6.76. The Balaban J connectivity index is 2.68. The molecule has 0 aromatic heterocycles. The Hall–Kier alpha value is -3.55. The van der Waals surface area contributed by atoms with E-state index in [0.29, 0.717) is 18.9 Å². The lowest BCUT2D eigenvalue weighted by atomic mass is 9.93. The number of hydrogen-bond donors (Lipinski definition) is 3. The number of alkyl carbamates (subject to hydrolysis) is 1. The Morgan fingerprint density at radius 3 is 2.21 bits per heavy atom. The minimum atomic E-state index is -1.02. The fourth-order valence-corrected chi connectivity index (χ4v) is 4.97. The molecular weight excluding hydrogens is 542 g/mol. The van der Waals surface area contributed by atoms with E-state index in [0.717, 1.165) is 41.5 Å². The minimum Gasteiger partial charge on any atom is -0.508 e. The first-order valence-corrected chi connectivity index (χ1v) is 15.6. The lowest BCUT2D eigenvalue weighted by Gasteiger charge is -2.39. The molecule has 3 atom stereocenters. The zero-order chi connectivity index (χ0) is 32.3. The van der Waals surface area contributed by atoms with Crippen molar-refractivity contribution in [3.8, 4) is 5.75 Å². The van der Waals surface area contributed by atoms with E-state index < -0.39 is 23.8 Å². The molecular formula is C35H53N3O5. The smallest absolute Gasteiger partial charge is 0.408 e. The highest BCUT2D eigenvalue weighted by atomic mass is 16.6. The van der Waals surface area contributed by atoms with Gasteiger partial charge in [0.25, 0.3) is 0 Å². The zero-order valence-electron chi connectivity index (χ0n) is 27.6. The van der Waals surface area contributed by atoms with Crippen LogP contribution in [0.25, 0.3) is 0 Å². The van der Waals surface area contributed by atoms with Crippen molar-refractivity contribution >= 4 is 17.9 Å². The maximum absolute atomic E-state index is 14.8. The van der Waals surface area contributed by atoms with Gasteiger partial charge in [-0.25, -0.2) is 4.79 Å². The van der Waals surface area contributed by atoms with Crippen molar-refractivity contribution in [2.45, 2.75) is 118 Å². The number of carbonyl (C=O) groups excluding carboxylic acids is 3. The van der Waals surface area contributed by atoms with Gasteiger partial charge in [-0.15, -0.1) is 0 Å². The van der Waals surface area contributed by atoms with Gasteiger partial charge in [0.05, 0.1) is 0 Å². The van der Waals surface area contributed by atoms with Crippen LogP contribution in [0.5, 0.6) is 5.75 Å². The van der Waals surface area contributed by atoms with Crippen molar-refractivity contribution in [3.05, 3.63) is 64.7 Å². The number of nitrogens with zero attached hydrogens (tertiary/aromatic N) is 1. The van der Waals surface area contributed by atoms with Crippen LogP contribution in [0.4, 0.5) is 4.79 Å². The number of amides is 3. The number of benzene rings is 2. The van der Waals surface area contributed by atoms with Gasteiger partial charge in [0.1, 0.15) is 23.4 Å². The van der Waals surface area contributed by atoms with E-state index in [4.69, 9.17) is 4.74 Å². The van der Waals surface area contributed by atoms with E-state index >= 15 is 0 Å². The number of ether oxygens (including phenoxy) is 1. The SMILES string of the molecule is CCCCNC(=O)C(c1cc(C)ccc1C)N(C(=O)C(Cc1ccc(O)cc1)NC(=O)OC(C)(C)C)C(C)CCC(C)C. The van der Waals surface area contributed by atoms with Crippen molar-refractivity contribution in [2.24, 2.45) is 5.92 Å². The first-order chi connectivity index (χ1) is 20.1. The Morgan fingerprint density at radius 1 is 0.977 bits per heavy atom. The largest absolute Gasteiger partial charge is 0.508 e. The highest BCUT2D eigenvalue weighted by Crippen LogP contribution is 2.31. The average molecular weight is 596 g/mol. The molecule has 2 aromatic rings. The molecule has 0 fully saturated rings. The Labute approximate surface area is 258 Å². The summed E-state index contributed by atoms with van der Waals surface area (Å²) >= 11 is 0. The molecule has 0 aliphatic heterocycles. The Bertz CT molecular complexity index is 1200. The number of rotatable bonds is 14. The van der Waals surface area contributed by atoms with Crippen LogP contribution in [0, 0.1) is 19.8 Å². The van der Waals surface area contributed by atoms with E-state index in [2.05, 4.69) is 31.4 Å². The lowest BCUT2D eigenvalue weighted by Crippen LogP contribution is -2.56. The first-order valence-electron chi connectivity index (χ1n) is 15.6. The second-order valence-electron chi connectivity index (χ2n) is 13.0. The summed E-state index contributed by atoms with van der Waals surface area (Å²) < 4.78 is 5.55. The van der Waals surface area contributed by atoms with Crippen LogP contribution in [0.1, 0.15) is 102 Å². The van der Waals surface area contributed by atoms with E-state index in [9.17, 15) is 19.5 Å². The maximum Gasteiger partial charge on any atom is 0.408 e. The molecule has 2 aromatic carbocycles. The molecule has 0 aliphatic rings. The van der Waals surface area contributed by atoms with E-state index in [-0.39, 0.29) is 30.0 Å². The van der Waals surface area contributed by atoms with Gasteiger partial charge in [0.2, 0.25) is 11.8 Å². The number of phenolic OH excluding ortho intramolecular Hbond substituents is 1. The van der Waals surface area contributed by atoms with Crippen LogP contribution >= 0.6 is 0 Å².